The minimum atomic E-state index is -1.49. The Bertz CT molecular complexity index is 1520. The molecule has 1 atom stereocenters. The molecule has 1 heterocycles. The van der Waals surface area contributed by atoms with Crippen molar-refractivity contribution in [3.05, 3.63) is 102 Å². The first-order chi connectivity index (χ1) is 19.7. The molecule has 0 aliphatic carbocycles. The number of hydrogen-bond donors (Lipinski definition) is 2. The number of para-hydroxylation sites is 1. The number of nitrogens with zero attached hydrogens (tertiary/aromatic N) is 1. The van der Waals surface area contributed by atoms with Gasteiger partial charge >= 0.3 is 29.6 Å². The van der Waals surface area contributed by atoms with E-state index in [2.05, 4.69) is 5.32 Å². The van der Waals surface area contributed by atoms with Gasteiger partial charge in [-0.3, -0.25) is 9.59 Å². The van der Waals surface area contributed by atoms with E-state index in [1.54, 1.807) is 24.3 Å². The Balaban J connectivity index is 0.00000484. The first kappa shape index (κ1) is 32.9. The number of aliphatic hydroxyl groups excluding tert-OH is 1. The van der Waals surface area contributed by atoms with Gasteiger partial charge in [0.05, 0.1) is 17.4 Å². The fourth-order valence-electron chi connectivity index (χ4n) is 5.08. The van der Waals surface area contributed by atoms with E-state index in [9.17, 15) is 29.0 Å². The molecule has 0 fully saturated rings. The molecule has 3 aromatic carbocycles. The summed E-state index contributed by atoms with van der Waals surface area (Å²) in [6, 6.07) is 24.6. The summed E-state index contributed by atoms with van der Waals surface area (Å²) < 4.78 is 15.9. The molecule has 1 unspecified atom stereocenters. The number of carboxylic acid groups (broad SMARTS) is 1. The van der Waals surface area contributed by atoms with Crippen LogP contribution in [-0.4, -0.2) is 33.4 Å². The first-order valence-electron chi connectivity index (χ1n) is 13.5. The van der Waals surface area contributed by atoms with Crippen molar-refractivity contribution >= 4 is 23.3 Å². The molecule has 0 saturated heterocycles. The largest absolute Gasteiger partial charge is 1.00 e. The van der Waals surface area contributed by atoms with Gasteiger partial charge in [-0.1, -0.05) is 62.4 Å². The average molecular weight is 579 g/mol. The Morgan fingerprint density at radius 2 is 1.50 bits per heavy atom. The van der Waals surface area contributed by atoms with Gasteiger partial charge in [-0.25, -0.2) is 4.39 Å². The van der Waals surface area contributed by atoms with Crippen LogP contribution >= 0.6 is 0 Å². The third-order valence-corrected chi connectivity index (χ3v) is 6.78. The summed E-state index contributed by atoms with van der Waals surface area (Å²) >= 11 is 0. The monoisotopic (exact) mass is 578 g/mol. The zero-order valence-electron chi connectivity index (χ0n) is 24.0. The van der Waals surface area contributed by atoms with Gasteiger partial charge in [0.2, 0.25) is 0 Å². The molecular weight excluding hydrogens is 546 g/mol. The summed E-state index contributed by atoms with van der Waals surface area (Å²) in [6.45, 7) is 4.15. The van der Waals surface area contributed by atoms with Crippen molar-refractivity contribution in [2.24, 2.45) is 0 Å². The van der Waals surface area contributed by atoms with E-state index >= 15 is 0 Å². The van der Waals surface area contributed by atoms with E-state index < -0.39 is 30.1 Å². The first-order valence-corrected chi connectivity index (χ1v) is 13.5. The van der Waals surface area contributed by atoms with Crippen molar-refractivity contribution in [2.45, 2.75) is 51.7 Å². The van der Waals surface area contributed by atoms with Crippen molar-refractivity contribution < 1.29 is 58.5 Å². The van der Waals surface area contributed by atoms with Crippen LogP contribution in [0.3, 0.4) is 0 Å². The topological polar surface area (TPSA) is 111 Å². The normalized spacial score (nSPS) is 11.5. The summed E-state index contributed by atoms with van der Waals surface area (Å²) in [7, 11) is 0. The fraction of sp³-hybridized carbons (Fsp3) is 0.242. The second-order valence-corrected chi connectivity index (χ2v) is 10.2. The molecule has 1 amide bonds. The van der Waals surface area contributed by atoms with Crippen LogP contribution in [0.15, 0.2) is 84.9 Å². The fourth-order valence-corrected chi connectivity index (χ4v) is 5.08. The maximum Gasteiger partial charge on any atom is 1.00 e. The van der Waals surface area contributed by atoms with Crippen LogP contribution in [0.5, 0.6) is 0 Å². The van der Waals surface area contributed by atoms with E-state index in [1.807, 2.05) is 66.9 Å². The predicted molar refractivity (Wildman–Crippen MR) is 154 cm³/mol. The van der Waals surface area contributed by atoms with Gasteiger partial charge in [0.1, 0.15) is 11.6 Å². The molecule has 4 aromatic rings. The number of halogens is 1. The summed E-state index contributed by atoms with van der Waals surface area (Å²) in [5, 5.41) is 24.5. The zero-order chi connectivity index (χ0) is 29.5. The summed E-state index contributed by atoms with van der Waals surface area (Å²) in [6.07, 6.45) is -2.08. The number of anilines is 1. The molecule has 42 heavy (non-hydrogen) atoms. The summed E-state index contributed by atoms with van der Waals surface area (Å²) in [5.74, 6) is -2.97. The number of rotatable bonds is 12. The van der Waals surface area contributed by atoms with Gasteiger partial charge in [-0.15, -0.1) is 0 Å². The molecular formula is C33H32FN2NaO5. The number of aromatic nitrogens is 1. The Kier molecular flexibility index (Phi) is 11.8. The maximum atomic E-state index is 14.0. The van der Waals surface area contributed by atoms with Crippen molar-refractivity contribution in [2.75, 3.05) is 5.32 Å². The molecule has 0 radical (unpaired) electrons. The second-order valence-electron chi connectivity index (χ2n) is 10.2. The van der Waals surface area contributed by atoms with E-state index in [1.165, 1.54) is 12.1 Å². The van der Waals surface area contributed by atoms with E-state index in [-0.39, 0.29) is 60.8 Å². The van der Waals surface area contributed by atoms with Gasteiger partial charge in [-0.05, 0) is 59.9 Å². The summed E-state index contributed by atoms with van der Waals surface area (Å²) in [4.78, 5) is 36.8. The number of aliphatic carboxylic acids is 1. The van der Waals surface area contributed by atoms with Crippen molar-refractivity contribution in [3.63, 3.8) is 0 Å². The van der Waals surface area contributed by atoms with E-state index in [4.69, 9.17) is 0 Å². The third-order valence-electron chi connectivity index (χ3n) is 6.78. The Morgan fingerprint density at radius 1 is 0.905 bits per heavy atom. The number of benzene rings is 3. The SMILES string of the molecule is CC(C)c1c(C(=O)Nc2ccccc2)c(-c2ccccc2)c(-c2ccc(F)cc2)n1CCC(O)CC(=O)CC(=O)[O-].[Na+]. The number of hydrogen-bond acceptors (Lipinski definition) is 5. The number of amides is 1. The van der Waals surface area contributed by atoms with Crippen LogP contribution in [0.4, 0.5) is 10.1 Å². The number of Topliss-reactive ketones (excluding diaryl/α,β-unsaturated/α-hetero) is 1. The van der Waals surface area contributed by atoms with Crippen LogP contribution in [0.1, 0.15) is 55.1 Å². The van der Waals surface area contributed by atoms with Crippen LogP contribution in [0.25, 0.3) is 22.4 Å². The molecule has 0 saturated carbocycles. The molecule has 2 N–H and O–H groups in total. The molecule has 0 aliphatic heterocycles. The molecule has 0 spiro atoms. The zero-order valence-corrected chi connectivity index (χ0v) is 26.0. The summed E-state index contributed by atoms with van der Waals surface area (Å²) in [5.41, 5.74) is 4.60. The van der Waals surface area contributed by atoms with Crippen LogP contribution in [0, 0.1) is 5.82 Å². The van der Waals surface area contributed by atoms with Crippen molar-refractivity contribution in [3.8, 4) is 22.4 Å². The Hall–Kier alpha value is -3.56. The van der Waals surface area contributed by atoms with E-state index in [0.717, 1.165) is 5.56 Å². The standard InChI is InChI=1S/C33H33FN2O5.Na/c1-21(2)31-30(33(41)35-25-11-7-4-8-12-25)29(22-9-5-3-6-10-22)32(23-13-15-24(34)16-14-23)36(31)18-17-26(37)19-27(38)20-28(39)40;/h3-16,21,26,37H,17-20H2,1-2H3,(H,35,41)(H,39,40);/q;+1/p-1. The second kappa shape index (κ2) is 15.1. The van der Waals surface area contributed by atoms with Crippen LogP contribution in [-0.2, 0) is 16.1 Å². The minimum Gasteiger partial charge on any atom is -0.550 e. The van der Waals surface area contributed by atoms with Gasteiger partial charge in [0, 0.05) is 42.3 Å². The van der Waals surface area contributed by atoms with Crippen LogP contribution < -0.4 is 40.0 Å². The minimum absolute atomic E-state index is 0. The predicted octanol–water partition coefficient (Wildman–Crippen LogP) is 2.19. The van der Waals surface area contributed by atoms with Crippen LogP contribution in [0.2, 0.25) is 0 Å². The molecule has 212 valence electrons. The number of carboxylic acids is 1. The Morgan fingerprint density at radius 3 is 2.07 bits per heavy atom. The van der Waals surface area contributed by atoms with Crippen molar-refractivity contribution in [1.29, 1.82) is 0 Å². The molecule has 9 heteroatoms. The quantitative estimate of drug-likeness (QED) is 0.198. The molecule has 1 aromatic heterocycles. The molecule has 4 rings (SSSR count). The van der Waals surface area contributed by atoms with Gasteiger partial charge < -0.3 is 24.9 Å². The molecule has 0 aliphatic rings. The average Bonchev–Trinajstić information content (AvgIpc) is 3.28. The number of carbonyl (C=O) groups is 3. The Labute approximate surface area is 266 Å². The number of aliphatic hydroxyl groups is 1. The van der Waals surface area contributed by atoms with Gasteiger partial charge in [-0.2, -0.15) is 0 Å². The molecule has 7 nitrogen and oxygen atoms in total. The van der Waals surface area contributed by atoms with Gasteiger partial charge in [0.15, 0.2) is 0 Å². The molecule has 0 bridgehead atoms. The van der Waals surface area contributed by atoms with Gasteiger partial charge in [0.25, 0.3) is 5.91 Å². The third kappa shape index (κ3) is 8.04. The number of carbonyl (C=O) groups excluding carboxylic acids is 3. The number of ketones is 1. The van der Waals surface area contributed by atoms with E-state index in [0.29, 0.717) is 33.8 Å². The van der Waals surface area contributed by atoms with Crippen molar-refractivity contribution in [1.82, 2.24) is 4.57 Å². The smallest absolute Gasteiger partial charge is 0.550 e. The number of nitrogens with one attached hydrogen (secondary N) is 1. The maximum absolute atomic E-state index is 14.0.